The lowest BCUT2D eigenvalue weighted by atomic mass is 10.0. The van der Waals surface area contributed by atoms with Gasteiger partial charge in [0.1, 0.15) is 17.5 Å². The van der Waals surface area contributed by atoms with Crippen molar-refractivity contribution in [3.8, 4) is 22.8 Å². The van der Waals surface area contributed by atoms with Crippen LogP contribution in [0.15, 0.2) is 72.8 Å². The molecule has 14 nitrogen and oxygen atoms in total. The number of carbonyl (C=O) groups excluding carboxylic acids is 4. The van der Waals surface area contributed by atoms with Crippen LogP contribution in [-0.2, 0) is 22.6 Å². The van der Waals surface area contributed by atoms with Gasteiger partial charge in [0.2, 0.25) is 11.8 Å². The Hall–Kier alpha value is -5.86. The molecule has 0 bridgehead atoms. The van der Waals surface area contributed by atoms with Crippen LogP contribution in [-0.4, -0.2) is 112 Å². The van der Waals surface area contributed by atoms with Gasteiger partial charge in [0.15, 0.2) is 11.6 Å². The van der Waals surface area contributed by atoms with Gasteiger partial charge in [-0.05, 0) is 41.8 Å². The number of aromatic nitrogens is 2. The summed E-state index contributed by atoms with van der Waals surface area (Å²) in [7, 11) is 0. The van der Waals surface area contributed by atoms with E-state index in [0.717, 1.165) is 62.0 Å². The molecular formula is C39H40N8O6. The molecule has 0 saturated carbocycles. The van der Waals surface area contributed by atoms with Gasteiger partial charge < -0.3 is 20.5 Å². The van der Waals surface area contributed by atoms with Gasteiger partial charge in [0.25, 0.3) is 11.8 Å². The van der Waals surface area contributed by atoms with Gasteiger partial charge in [-0.1, -0.05) is 42.5 Å². The van der Waals surface area contributed by atoms with Crippen LogP contribution in [0, 0.1) is 0 Å². The third kappa shape index (κ3) is 6.78. The van der Waals surface area contributed by atoms with Crippen LogP contribution in [0.2, 0.25) is 0 Å². The van der Waals surface area contributed by atoms with Gasteiger partial charge in [-0.15, -0.1) is 10.2 Å². The highest BCUT2D eigenvalue weighted by Gasteiger charge is 2.46. The van der Waals surface area contributed by atoms with Gasteiger partial charge in [0.05, 0.1) is 23.4 Å². The molecule has 4 amide bonds. The van der Waals surface area contributed by atoms with Crippen LogP contribution in [0.4, 0.5) is 11.5 Å². The Bertz CT molecular complexity index is 2080. The number of fused-ring (bicyclic) bond motifs is 1. The maximum atomic E-state index is 13.6. The molecule has 0 spiro atoms. The van der Waals surface area contributed by atoms with E-state index in [1.165, 1.54) is 5.56 Å². The number of para-hydroxylation sites is 1. The van der Waals surface area contributed by atoms with Gasteiger partial charge in [0, 0.05) is 76.3 Å². The number of nitrogens with zero attached hydrogens (tertiary/aromatic N) is 6. The first-order valence-electron chi connectivity index (χ1n) is 17.9. The number of benzene rings is 3. The van der Waals surface area contributed by atoms with Crippen LogP contribution in [0.3, 0.4) is 0 Å². The molecule has 4 aromatic rings. The minimum atomic E-state index is -0.979. The number of nitrogens with one attached hydrogen (secondary N) is 1. The summed E-state index contributed by atoms with van der Waals surface area (Å²) in [4.78, 5) is 59.2. The van der Waals surface area contributed by atoms with Crippen LogP contribution in [0.25, 0.3) is 11.3 Å². The first kappa shape index (κ1) is 34.2. The standard InChI is InChI=1S/C39H40N8O6/c40-36-33(20-29(42-43-36)27-4-1-2-7-32(27)48)53-19-14-24-8-10-25(11-9-24)21-44-22-26(23-44)45-15-17-46(18-16-45)30-6-3-5-28-35(30)39(52)47(38(28)51)31-12-13-34(49)41-37(31)50/h1-11,20,26,31,48H,12-19,21-23H2,(H2,40,43)(H,41,49,50). The van der Waals surface area contributed by atoms with E-state index in [2.05, 4.69) is 54.5 Å². The lowest BCUT2D eigenvalue weighted by Gasteiger charge is -2.48. The molecular weight excluding hydrogens is 676 g/mol. The number of amides is 4. The van der Waals surface area contributed by atoms with E-state index in [1.54, 1.807) is 36.4 Å². The summed E-state index contributed by atoms with van der Waals surface area (Å²) in [5.74, 6) is -1.21. The molecule has 3 saturated heterocycles. The summed E-state index contributed by atoms with van der Waals surface area (Å²) in [6.45, 7) is 6.38. The van der Waals surface area contributed by atoms with Crippen molar-refractivity contribution in [3.05, 3.63) is 95.1 Å². The quantitative estimate of drug-likeness (QED) is 0.205. The Morgan fingerprint density at radius 3 is 2.34 bits per heavy atom. The number of imide groups is 2. The zero-order chi connectivity index (χ0) is 36.6. The number of hydrogen-bond acceptors (Lipinski definition) is 12. The number of phenols is 1. The van der Waals surface area contributed by atoms with E-state index in [1.807, 2.05) is 12.1 Å². The predicted molar refractivity (Wildman–Crippen MR) is 195 cm³/mol. The minimum absolute atomic E-state index is 0.0913. The third-order valence-electron chi connectivity index (χ3n) is 10.6. The number of piperidine rings is 1. The third-order valence-corrected chi connectivity index (χ3v) is 10.6. The normalized spacial score (nSPS) is 19.7. The fourth-order valence-electron chi connectivity index (χ4n) is 7.66. The van der Waals surface area contributed by atoms with Crippen molar-refractivity contribution in [3.63, 3.8) is 0 Å². The fourth-order valence-corrected chi connectivity index (χ4v) is 7.66. The van der Waals surface area contributed by atoms with Gasteiger partial charge >= 0.3 is 0 Å². The molecule has 0 radical (unpaired) electrons. The number of hydrogen-bond donors (Lipinski definition) is 3. The van der Waals surface area contributed by atoms with Crippen molar-refractivity contribution in [2.45, 2.75) is 37.9 Å². The van der Waals surface area contributed by atoms with Crippen LogP contribution in [0.1, 0.15) is 44.7 Å². The van der Waals surface area contributed by atoms with Gasteiger partial charge in [-0.3, -0.25) is 39.2 Å². The van der Waals surface area contributed by atoms with E-state index in [4.69, 9.17) is 10.5 Å². The number of nitrogen functional groups attached to an aromatic ring is 1. The second-order valence-corrected chi connectivity index (χ2v) is 13.9. The predicted octanol–water partition coefficient (Wildman–Crippen LogP) is 2.46. The highest BCUT2D eigenvalue weighted by molar-refractivity contribution is 6.25. The van der Waals surface area contributed by atoms with Crippen LogP contribution in [0.5, 0.6) is 11.5 Å². The smallest absolute Gasteiger partial charge is 0.264 e. The summed E-state index contributed by atoms with van der Waals surface area (Å²) >= 11 is 0. The lowest BCUT2D eigenvalue weighted by molar-refractivity contribution is -0.136. The molecule has 4 aliphatic heterocycles. The average molecular weight is 717 g/mol. The van der Waals surface area contributed by atoms with E-state index < -0.39 is 29.7 Å². The zero-order valence-corrected chi connectivity index (χ0v) is 29.1. The monoisotopic (exact) mass is 716 g/mol. The molecule has 1 aromatic heterocycles. The summed E-state index contributed by atoms with van der Waals surface area (Å²) in [5, 5.41) is 20.5. The number of carbonyl (C=O) groups is 4. The van der Waals surface area contributed by atoms with Crippen molar-refractivity contribution >= 4 is 35.1 Å². The van der Waals surface area contributed by atoms with Crippen molar-refractivity contribution < 1.29 is 29.0 Å². The second kappa shape index (κ2) is 14.3. The van der Waals surface area contributed by atoms with E-state index in [9.17, 15) is 24.3 Å². The topological polar surface area (TPSA) is 175 Å². The Kier molecular flexibility index (Phi) is 9.22. The molecule has 14 heteroatoms. The highest BCUT2D eigenvalue weighted by Crippen LogP contribution is 2.35. The van der Waals surface area contributed by atoms with Crippen molar-refractivity contribution in [1.29, 1.82) is 0 Å². The Morgan fingerprint density at radius 1 is 0.849 bits per heavy atom. The number of aromatic hydroxyl groups is 1. The number of nitrogens with two attached hydrogens (primary N) is 1. The number of likely N-dealkylation sites (tertiary alicyclic amines) is 1. The Balaban J connectivity index is 0.796. The fraction of sp³-hybridized carbons (Fsp3) is 0.333. The molecule has 272 valence electrons. The van der Waals surface area contributed by atoms with E-state index >= 15 is 0 Å². The molecule has 1 atom stereocenters. The lowest BCUT2D eigenvalue weighted by Crippen LogP contribution is -2.62. The highest BCUT2D eigenvalue weighted by atomic mass is 16.5. The summed E-state index contributed by atoms with van der Waals surface area (Å²) < 4.78 is 5.95. The molecule has 8 rings (SSSR count). The number of phenolic OH excluding ortho intramolecular Hbond substituents is 1. The first-order chi connectivity index (χ1) is 25.7. The molecule has 3 fully saturated rings. The van der Waals surface area contributed by atoms with E-state index in [0.29, 0.717) is 47.2 Å². The first-order valence-corrected chi connectivity index (χ1v) is 17.9. The minimum Gasteiger partial charge on any atom is -0.507 e. The molecule has 53 heavy (non-hydrogen) atoms. The van der Waals surface area contributed by atoms with Crippen LogP contribution >= 0.6 is 0 Å². The van der Waals surface area contributed by atoms with Gasteiger partial charge in [-0.25, -0.2) is 0 Å². The summed E-state index contributed by atoms with van der Waals surface area (Å²) in [5.41, 5.74) is 10.8. The number of piperazine rings is 1. The van der Waals surface area contributed by atoms with Gasteiger partial charge in [-0.2, -0.15) is 0 Å². The molecule has 4 aliphatic rings. The number of ether oxygens (including phenoxy) is 1. The van der Waals surface area contributed by atoms with E-state index in [-0.39, 0.29) is 24.4 Å². The molecule has 0 aliphatic carbocycles. The van der Waals surface area contributed by atoms with Crippen molar-refractivity contribution in [2.24, 2.45) is 0 Å². The number of rotatable bonds is 10. The average Bonchev–Trinajstić information content (AvgIpc) is 3.40. The SMILES string of the molecule is Nc1nnc(-c2ccccc2O)cc1OCCc1ccc(CN2CC(N3CCN(c4cccc5c4C(=O)N(C4CCC(=O)NC4=O)C5=O)CC3)C2)cc1. The van der Waals surface area contributed by atoms with Crippen molar-refractivity contribution in [2.75, 3.05) is 56.5 Å². The maximum Gasteiger partial charge on any atom is 0.264 e. The zero-order valence-electron chi connectivity index (χ0n) is 29.1. The summed E-state index contributed by atoms with van der Waals surface area (Å²) in [6, 6.07) is 22.0. The number of anilines is 2. The largest absolute Gasteiger partial charge is 0.507 e. The Morgan fingerprint density at radius 2 is 1.58 bits per heavy atom. The Labute approximate surface area is 306 Å². The van der Waals surface area contributed by atoms with Crippen LogP contribution < -0.4 is 20.7 Å². The summed E-state index contributed by atoms with van der Waals surface area (Å²) in [6.07, 6.45) is 0.921. The van der Waals surface area contributed by atoms with Crippen molar-refractivity contribution in [1.82, 2.24) is 30.2 Å². The molecule has 4 N–H and O–H groups in total. The maximum absolute atomic E-state index is 13.6. The second-order valence-electron chi connectivity index (χ2n) is 13.9. The molecule has 1 unspecified atom stereocenters. The molecule has 5 heterocycles. The molecule has 3 aromatic carbocycles.